The van der Waals surface area contributed by atoms with Crippen molar-refractivity contribution in [3.63, 3.8) is 0 Å². The quantitative estimate of drug-likeness (QED) is 0.447. The zero-order valence-corrected chi connectivity index (χ0v) is 13.0. The summed E-state index contributed by atoms with van der Waals surface area (Å²) in [5.41, 5.74) is 1.64. The molecule has 2 aromatic carbocycles. The summed E-state index contributed by atoms with van der Waals surface area (Å²) in [4.78, 5) is 15.5. The van der Waals surface area contributed by atoms with E-state index in [-0.39, 0.29) is 15.7 Å². The molecular formula is C15H9Cl2FN2O3. The van der Waals surface area contributed by atoms with E-state index in [1.807, 2.05) is 0 Å². The van der Waals surface area contributed by atoms with Crippen LogP contribution in [-0.2, 0) is 4.84 Å². The zero-order chi connectivity index (χ0) is 16.6. The van der Waals surface area contributed by atoms with E-state index in [2.05, 4.69) is 5.16 Å². The number of nitro benzene ring substituents is 1. The van der Waals surface area contributed by atoms with Gasteiger partial charge in [-0.05, 0) is 29.8 Å². The average molecular weight is 355 g/mol. The second kappa shape index (κ2) is 6.14. The summed E-state index contributed by atoms with van der Waals surface area (Å²) >= 11 is 11.7. The molecule has 0 fully saturated rings. The molecular weight excluding hydrogens is 346 g/mol. The van der Waals surface area contributed by atoms with Gasteiger partial charge in [0.15, 0.2) is 6.10 Å². The Morgan fingerprint density at radius 2 is 1.91 bits per heavy atom. The molecule has 0 amide bonds. The number of nitro groups is 1. The van der Waals surface area contributed by atoms with Crippen molar-refractivity contribution >= 4 is 34.6 Å². The highest BCUT2D eigenvalue weighted by molar-refractivity contribution is 6.37. The van der Waals surface area contributed by atoms with Crippen LogP contribution in [0.5, 0.6) is 0 Å². The Morgan fingerprint density at radius 1 is 1.22 bits per heavy atom. The molecule has 3 rings (SSSR count). The highest BCUT2D eigenvalue weighted by atomic mass is 35.5. The van der Waals surface area contributed by atoms with Crippen molar-refractivity contribution in [3.8, 4) is 0 Å². The number of nitrogens with zero attached hydrogens (tertiary/aromatic N) is 2. The Hall–Kier alpha value is -2.18. The van der Waals surface area contributed by atoms with E-state index in [0.717, 1.165) is 5.56 Å². The van der Waals surface area contributed by atoms with Crippen LogP contribution in [0.25, 0.3) is 0 Å². The van der Waals surface area contributed by atoms with Crippen LogP contribution < -0.4 is 0 Å². The molecule has 1 aliphatic rings. The van der Waals surface area contributed by atoms with Crippen LogP contribution in [0.3, 0.4) is 0 Å². The van der Waals surface area contributed by atoms with E-state index in [0.29, 0.717) is 17.7 Å². The van der Waals surface area contributed by atoms with Crippen LogP contribution in [0, 0.1) is 15.9 Å². The van der Waals surface area contributed by atoms with Crippen molar-refractivity contribution in [1.29, 1.82) is 0 Å². The molecule has 8 heteroatoms. The first-order valence-electron chi connectivity index (χ1n) is 6.57. The molecule has 0 aromatic heterocycles. The molecule has 0 N–H and O–H groups in total. The Bertz CT molecular complexity index is 809. The van der Waals surface area contributed by atoms with Gasteiger partial charge in [-0.1, -0.05) is 28.4 Å². The van der Waals surface area contributed by atoms with E-state index in [1.165, 1.54) is 24.3 Å². The number of rotatable bonds is 3. The predicted octanol–water partition coefficient (Wildman–Crippen LogP) is 4.91. The van der Waals surface area contributed by atoms with Crippen LogP contribution in [0.2, 0.25) is 10.0 Å². The lowest BCUT2D eigenvalue weighted by atomic mass is 10.00. The molecule has 1 aliphatic heterocycles. The predicted molar refractivity (Wildman–Crippen MR) is 84.5 cm³/mol. The summed E-state index contributed by atoms with van der Waals surface area (Å²) < 4.78 is 13.6. The first-order chi connectivity index (χ1) is 11.0. The largest absolute Gasteiger partial charge is 0.387 e. The monoisotopic (exact) mass is 354 g/mol. The highest BCUT2D eigenvalue weighted by Crippen LogP contribution is 2.33. The summed E-state index contributed by atoms with van der Waals surface area (Å²) in [6, 6.07) is 8.52. The Balaban J connectivity index is 1.80. The van der Waals surface area contributed by atoms with Crippen LogP contribution in [0.4, 0.5) is 10.1 Å². The van der Waals surface area contributed by atoms with Crippen molar-refractivity contribution in [2.75, 3.05) is 0 Å². The molecule has 5 nitrogen and oxygen atoms in total. The van der Waals surface area contributed by atoms with Gasteiger partial charge in [0.25, 0.3) is 5.69 Å². The number of benzene rings is 2. The fourth-order valence-electron chi connectivity index (χ4n) is 2.27. The minimum absolute atomic E-state index is 0.00398. The van der Waals surface area contributed by atoms with Gasteiger partial charge in [0.2, 0.25) is 0 Å². The first-order valence-corrected chi connectivity index (χ1v) is 7.33. The lowest BCUT2D eigenvalue weighted by molar-refractivity contribution is -0.384. The molecule has 23 heavy (non-hydrogen) atoms. The minimum Gasteiger partial charge on any atom is -0.387 e. The summed E-state index contributed by atoms with van der Waals surface area (Å²) in [7, 11) is 0. The number of hydrogen-bond donors (Lipinski definition) is 0. The van der Waals surface area contributed by atoms with Crippen LogP contribution >= 0.6 is 23.2 Å². The summed E-state index contributed by atoms with van der Waals surface area (Å²) in [6.07, 6.45) is -0.0286. The maximum atomic E-state index is 13.6. The second-order valence-corrected chi connectivity index (χ2v) is 5.75. The number of oxime groups is 1. The van der Waals surface area contributed by atoms with Gasteiger partial charge in [-0.15, -0.1) is 0 Å². The molecule has 0 saturated carbocycles. The normalized spacial score (nSPS) is 16.8. The van der Waals surface area contributed by atoms with Gasteiger partial charge in [-0.2, -0.15) is 0 Å². The third kappa shape index (κ3) is 3.13. The fraction of sp³-hybridized carbons (Fsp3) is 0.133. The molecule has 0 saturated heterocycles. The SMILES string of the molecule is O=[N+]([O-])c1ccc(C2CC(c3cc(F)c(Cl)cc3Cl)=NO2)cc1. The Kier molecular flexibility index (Phi) is 4.19. The van der Waals surface area contributed by atoms with Crippen molar-refractivity contribution in [3.05, 3.63) is 73.5 Å². The fourth-order valence-corrected chi connectivity index (χ4v) is 2.76. The second-order valence-electron chi connectivity index (χ2n) is 4.93. The molecule has 0 radical (unpaired) electrons. The Labute approximate surface area is 140 Å². The van der Waals surface area contributed by atoms with Crippen molar-refractivity contribution in [2.45, 2.75) is 12.5 Å². The molecule has 1 heterocycles. The van der Waals surface area contributed by atoms with Crippen LogP contribution in [0.15, 0.2) is 41.6 Å². The van der Waals surface area contributed by atoms with Gasteiger partial charge in [0.1, 0.15) is 5.82 Å². The first kappa shape index (κ1) is 15.7. The van der Waals surface area contributed by atoms with Gasteiger partial charge in [0, 0.05) is 24.1 Å². The summed E-state index contributed by atoms with van der Waals surface area (Å²) in [5, 5.41) is 14.8. The summed E-state index contributed by atoms with van der Waals surface area (Å²) in [5.74, 6) is -0.590. The highest BCUT2D eigenvalue weighted by Gasteiger charge is 2.26. The lowest BCUT2D eigenvalue weighted by Crippen LogP contribution is -2.03. The molecule has 118 valence electrons. The smallest absolute Gasteiger partial charge is 0.269 e. The molecule has 0 bridgehead atoms. The molecule has 1 unspecified atom stereocenters. The van der Waals surface area contributed by atoms with Gasteiger partial charge >= 0.3 is 0 Å². The van der Waals surface area contributed by atoms with Gasteiger partial charge in [-0.25, -0.2) is 4.39 Å². The lowest BCUT2D eigenvalue weighted by Gasteiger charge is -2.08. The van der Waals surface area contributed by atoms with Gasteiger partial charge in [0.05, 0.1) is 20.7 Å². The van der Waals surface area contributed by atoms with Crippen molar-refractivity contribution in [1.82, 2.24) is 0 Å². The van der Waals surface area contributed by atoms with E-state index in [1.54, 1.807) is 12.1 Å². The van der Waals surface area contributed by atoms with E-state index < -0.39 is 16.8 Å². The maximum absolute atomic E-state index is 13.6. The minimum atomic E-state index is -0.590. The van der Waals surface area contributed by atoms with E-state index >= 15 is 0 Å². The van der Waals surface area contributed by atoms with Crippen LogP contribution in [0.1, 0.15) is 23.7 Å². The number of non-ortho nitro benzene ring substituents is 1. The van der Waals surface area contributed by atoms with E-state index in [4.69, 9.17) is 28.0 Å². The molecule has 2 aromatic rings. The molecule has 0 aliphatic carbocycles. The third-order valence-corrected chi connectivity index (χ3v) is 4.07. The topological polar surface area (TPSA) is 64.7 Å². The van der Waals surface area contributed by atoms with Gasteiger partial charge in [-0.3, -0.25) is 10.1 Å². The van der Waals surface area contributed by atoms with Gasteiger partial charge < -0.3 is 4.84 Å². The third-order valence-electron chi connectivity index (χ3n) is 3.47. The van der Waals surface area contributed by atoms with E-state index in [9.17, 15) is 14.5 Å². The molecule has 1 atom stereocenters. The Morgan fingerprint density at radius 3 is 2.57 bits per heavy atom. The van der Waals surface area contributed by atoms with Crippen LogP contribution in [-0.4, -0.2) is 10.6 Å². The zero-order valence-electron chi connectivity index (χ0n) is 11.5. The molecule has 0 spiro atoms. The van der Waals surface area contributed by atoms with Crippen molar-refractivity contribution < 1.29 is 14.2 Å². The number of halogens is 3. The maximum Gasteiger partial charge on any atom is 0.269 e. The summed E-state index contributed by atoms with van der Waals surface area (Å²) in [6.45, 7) is 0. The standard InChI is InChI=1S/C15H9Cl2FN2O3/c16-11-6-12(17)13(18)5-10(11)14-7-15(23-19-14)8-1-3-9(4-2-8)20(21)22/h1-6,15H,7H2. The van der Waals surface area contributed by atoms with Crippen molar-refractivity contribution in [2.24, 2.45) is 5.16 Å². The average Bonchev–Trinajstić information content (AvgIpc) is 3.00. The number of hydrogen-bond acceptors (Lipinski definition) is 4.